The van der Waals surface area contributed by atoms with Gasteiger partial charge in [0.05, 0.1) is 18.0 Å². The summed E-state index contributed by atoms with van der Waals surface area (Å²) in [5.74, 6) is -0.997. The van der Waals surface area contributed by atoms with Gasteiger partial charge in [0.25, 0.3) is 0 Å². The fraction of sp³-hybridized carbons (Fsp3) is 0.261. The molecule has 0 atom stereocenters. The van der Waals surface area contributed by atoms with Crippen molar-refractivity contribution in [2.75, 3.05) is 13.2 Å². The first kappa shape index (κ1) is 21.1. The van der Waals surface area contributed by atoms with Gasteiger partial charge < -0.3 is 14.6 Å². The molecule has 0 aliphatic heterocycles. The number of nitrogens with zero attached hydrogens (tertiary/aromatic N) is 2. The number of rotatable bonds is 7. The van der Waals surface area contributed by atoms with Crippen molar-refractivity contribution in [3.63, 3.8) is 0 Å². The number of aryl methyl sites for hydroxylation is 2. The molecule has 156 valence electrons. The number of aromatic nitrogens is 2. The van der Waals surface area contributed by atoms with Gasteiger partial charge in [-0.05, 0) is 63.6 Å². The smallest absolute Gasteiger partial charge is 0.356 e. The predicted molar refractivity (Wildman–Crippen MR) is 112 cm³/mol. The molecule has 7 nitrogen and oxygen atoms in total. The molecule has 7 heteroatoms. The summed E-state index contributed by atoms with van der Waals surface area (Å²) >= 11 is 0. The summed E-state index contributed by atoms with van der Waals surface area (Å²) in [5.41, 5.74) is 4.98. The highest BCUT2D eigenvalue weighted by Gasteiger charge is 2.22. The number of carbonyl (C=O) groups excluding carboxylic acids is 1. The fourth-order valence-corrected chi connectivity index (χ4v) is 3.31. The Balaban J connectivity index is 2.00. The summed E-state index contributed by atoms with van der Waals surface area (Å²) in [6.45, 7) is 7.58. The SMILES string of the molecule is CCOC(=O)COc1ccc(-c2c(C)c(C(=O)O)nn2-c2ccc(C)cc2C)cc1. The third kappa shape index (κ3) is 4.35. The van der Waals surface area contributed by atoms with E-state index in [2.05, 4.69) is 5.10 Å². The lowest BCUT2D eigenvalue weighted by atomic mass is 10.1. The van der Waals surface area contributed by atoms with Crippen LogP contribution in [-0.2, 0) is 9.53 Å². The van der Waals surface area contributed by atoms with Gasteiger partial charge in [0.15, 0.2) is 12.3 Å². The standard InChI is InChI=1S/C23H24N2O5/c1-5-29-20(26)13-30-18-9-7-17(8-10-18)22-16(4)21(23(27)28)24-25(22)19-11-6-14(2)12-15(19)3/h6-12H,5,13H2,1-4H3,(H,27,28). The van der Waals surface area contributed by atoms with Gasteiger partial charge in [0.1, 0.15) is 5.75 Å². The van der Waals surface area contributed by atoms with Gasteiger partial charge in [-0.1, -0.05) is 17.7 Å². The molecule has 3 rings (SSSR count). The number of hydrogen-bond donors (Lipinski definition) is 1. The van der Waals surface area contributed by atoms with E-state index in [0.717, 1.165) is 22.4 Å². The van der Waals surface area contributed by atoms with E-state index >= 15 is 0 Å². The zero-order chi connectivity index (χ0) is 21.8. The quantitative estimate of drug-likeness (QED) is 0.592. The molecule has 0 aliphatic rings. The molecule has 1 heterocycles. The molecule has 0 unspecified atom stereocenters. The zero-order valence-electron chi connectivity index (χ0n) is 17.4. The van der Waals surface area contributed by atoms with Crippen molar-refractivity contribution in [1.82, 2.24) is 9.78 Å². The van der Waals surface area contributed by atoms with Crippen LogP contribution in [0.25, 0.3) is 16.9 Å². The van der Waals surface area contributed by atoms with Gasteiger partial charge in [-0.2, -0.15) is 5.10 Å². The minimum Gasteiger partial charge on any atom is -0.482 e. The summed E-state index contributed by atoms with van der Waals surface area (Å²) in [4.78, 5) is 23.2. The molecule has 2 aromatic carbocycles. The van der Waals surface area contributed by atoms with E-state index in [1.54, 1.807) is 30.7 Å². The molecule has 30 heavy (non-hydrogen) atoms. The summed E-state index contributed by atoms with van der Waals surface area (Å²) in [5, 5.41) is 14.0. The van der Waals surface area contributed by atoms with Gasteiger partial charge in [-0.3, -0.25) is 0 Å². The predicted octanol–water partition coefficient (Wildman–Crippen LogP) is 4.10. The monoisotopic (exact) mass is 408 g/mol. The molecule has 0 aliphatic carbocycles. The van der Waals surface area contributed by atoms with Crippen molar-refractivity contribution in [2.45, 2.75) is 27.7 Å². The van der Waals surface area contributed by atoms with Crippen LogP contribution < -0.4 is 4.74 Å². The summed E-state index contributed by atoms with van der Waals surface area (Å²) < 4.78 is 12.0. The highest BCUT2D eigenvalue weighted by Crippen LogP contribution is 2.31. The topological polar surface area (TPSA) is 90.7 Å². The number of carboxylic acids is 1. The number of esters is 1. The first-order valence-electron chi connectivity index (χ1n) is 9.61. The first-order chi connectivity index (χ1) is 14.3. The van der Waals surface area contributed by atoms with Crippen molar-refractivity contribution < 1.29 is 24.2 Å². The van der Waals surface area contributed by atoms with E-state index in [9.17, 15) is 14.7 Å². The molecule has 0 bridgehead atoms. The Kier molecular flexibility index (Phi) is 6.20. The van der Waals surface area contributed by atoms with Crippen LogP contribution in [0.5, 0.6) is 5.75 Å². The number of benzene rings is 2. The Hall–Kier alpha value is -3.61. The highest BCUT2D eigenvalue weighted by molar-refractivity contribution is 5.90. The van der Waals surface area contributed by atoms with E-state index in [1.807, 2.05) is 44.2 Å². The van der Waals surface area contributed by atoms with Crippen molar-refractivity contribution in [3.05, 3.63) is 64.8 Å². The molecular formula is C23H24N2O5. The normalized spacial score (nSPS) is 10.7. The minimum absolute atomic E-state index is 0.00705. The van der Waals surface area contributed by atoms with Crippen LogP contribution in [0.3, 0.4) is 0 Å². The molecular weight excluding hydrogens is 384 g/mol. The van der Waals surface area contributed by atoms with E-state index in [-0.39, 0.29) is 12.3 Å². The summed E-state index contributed by atoms with van der Waals surface area (Å²) in [6, 6.07) is 13.0. The Morgan fingerprint density at radius 1 is 1.07 bits per heavy atom. The maximum atomic E-state index is 11.7. The first-order valence-corrected chi connectivity index (χ1v) is 9.61. The second kappa shape index (κ2) is 8.82. The fourth-order valence-electron chi connectivity index (χ4n) is 3.31. The molecule has 0 fully saturated rings. The van der Waals surface area contributed by atoms with Crippen LogP contribution in [-0.4, -0.2) is 40.0 Å². The summed E-state index contributed by atoms with van der Waals surface area (Å²) in [6.07, 6.45) is 0. The Bertz CT molecular complexity index is 1080. The Morgan fingerprint density at radius 3 is 2.37 bits per heavy atom. The van der Waals surface area contributed by atoms with Gasteiger partial charge in [-0.25, -0.2) is 14.3 Å². The van der Waals surface area contributed by atoms with Gasteiger partial charge >= 0.3 is 11.9 Å². The zero-order valence-corrected chi connectivity index (χ0v) is 17.4. The molecule has 0 saturated carbocycles. The van der Waals surface area contributed by atoms with Gasteiger partial charge in [0, 0.05) is 11.1 Å². The molecule has 0 radical (unpaired) electrons. The van der Waals surface area contributed by atoms with Crippen LogP contribution in [0.15, 0.2) is 42.5 Å². The number of carboxylic acid groups (broad SMARTS) is 1. The van der Waals surface area contributed by atoms with E-state index in [4.69, 9.17) is 9.47 Å². The molecule has 0 spiro atoms. The van der Waals surface area contributed by atoms with Crippen LogP contribution in [0.4, 0.5) is 0 Å². The highest BCUT2D eigenvalue weighted by atomic mass is 16.6. The largest absolute Gasteiger partial charge is 0.482 e. The van der Waals surface area contributed by atoms with Crippen LogP contribution >= 0.6 is 0 Å². The van der Waals surface area contributed by atoms with Crippen LogP contribution in [0.2, 0.25) is 0 Å². The van der Waals surface area contributed by atoms with E-state index in [1.165, 1.54) is 0 Å². The lowest BCUT2D eigenvalue weighted by Crippen LogP contribution is -2.14. The molecule has 1 N–H and O–H groups in total. The molecule has 0 amide bonds. The average Bonchev–Trinajstić information content (AvgIpc) is 3.04. The maximum absolute atomic E-state index is 11.7. The molecule has 3 aromatic rings. The van der Waals surface area contributed by atoms with Crippen molar-refractivity contribution in [3.8, 4) is 22.7 Å². The average molecular weight is 408 g/mol. The number of aromatic carboxylic acids is 1. The number of ether oxygens (including phenoxy) is 2. The Morgan fingerprint density at radius 2 is 1.77 bits per heavy atom. The number of hydrogen-bond acceptors (Lipinski definition) is 5. The number of carbonyl (C=O) groups is 2. The van der Waals surface area contributed by atoms with Crippen LogP contribution in [0.1, 0.15) is 34.1 Å². The van der Waals surface area contributed by atoms with Crippen molar-refractivity contribution in [1.29, 1.82) is 0 Å². The lowest BCUT2D eigenvalue weighted by molar-refractivity contribution is -0.145. The third-order valence-corrected chi connectivity index (χ3v) is 4.70. The minimum atomic E-state index is -1.08. The van der Waals surface area contributed by atoms with E-state index < -0.39 is 11.9 Å². The second-order valence-electron chi connectivity index (χ2n) is 6.95. The van der Waals surface area contributed by atoms with E-state index in [0.29, 0.717) is 23.6 Å². The summed E-state index contributed by atoms with van der Waals surface area (Å²) in [7, 11) is 0. The second-order valence-corrected chi connectivity index (χ2v) is 6.95. The van der Waals surface area contributed by atoms with Gasteiger partial charge in [-0.15, -0.1) is 0 Å². The van der Waals surface area contributed by atoms with Gasteiger partial charge in [0.2, 0.25) is 0 Å². The van der Waals surface area contributed by atoms with Crippen LogP contribution in [0, 0.1) is 20.8 Å². The van der Waals surface area contributed by atoms with Crippen molar-refractivity contribution in [2.24, 2.45) is 0 Å². The third-order valence-electron chi connectivity index (χ3n) is 4.70. The molecule has 1 aromatic heterocycles. The lowest BCUT2D eigenvalue weighted by Gasteiger charge is -2.13. The maximum Gasteiger partial charge on any atom is 0.356 e. The van der Waals surface area contributed by atoms with Crippen molar-refractivity contribution >= 4 is 11.9 Å². The Labute approximate surface area is 174 Å². The molecule has 0 saturated heterocycles.